The molecule has 0 aliphatic rings. The first-order valence-corrected chi connectivity index (χ1v) is 4.20. The summed E-state index contributed by atoms with van der Waals surface area (Å²) >= 11 is 0. The van der Waals surface area contributed by atoms with Crippen molar-refractivity contribution in [2.24, 2.45) is 12.8 Å². The Kier molecular flexibility index (Phi) is 2.81. The quantitative estimate of drug-likeness (QED) is 0.721. The fourth-order valence-corrected chi connectivity index (χ4v) is 1.40. The van der Waals surface area contributed by atoms with Crippen LogP contribution in [0.2, 0.25) is 0 Å². The van der Waals surface area contributed by atoms with Gasteiger partial charge in [0.05, 0.1) is 0 Å². The lowest BCUT2D eigenvalue weighted by atomic mass is 10.0. The number of aromatic nitrogens is 3. The van der Waals surface area contributed by atoms with E-state index in [1.165, 1.54) is 0 Å². The highest BCUT2D eigenvalue weighted by atomic mass is 15.2. The molecule has 1 aromatic rings. The van der Waals surface area contributed by atoms with E-state index in [1.54, 1.807) is 6.33 Å². The van der Waals surface area contributed by atoms with Gasteiger partial charge < -0.3 is 10.3 Å². The number of rotatable bonds is 3. The van der Waals surface area contributed by atoms with Gasteiger partial charge in [-0.2, -0.15) is 0 Å². The second-order valence-corrected chi connectivity index (χ2v) is 3.41. The normalized spacial score (nSPS) is 16.0. The van der Waals surface area contributed by atoms with Gasteiger partial charge in [0, 0.05) is 19.0 Å². The number of nitrogens with two attached hydrogens (primary N) is 1. The predicted molar refractivity (Wildman–Crippen MR) is 47.7 cm³/mol. The molecule has 0 amide bonds. The van der Waals surface area contributed by atoms with E-state index in [0.29, 0.717) is 5.92 Å². The summed E-state index contributed by atoms with van der Waals surface area (Å²) < 4.78 is 1.94. The van der Waals surface area contributed by atoms with Gasteiger partial charge in [-0.3, -0.25) is 0 Å². The summed E-state index contributed by atoms with van der Waals surface area (Å²) in [5, 5.41) is 7.85. The second kappa shape index (κ2) is 3.67. The molecule has 68 valence electrons. The Morgan fingerprint density at radius 2 is 2.25 bits per heavy atom. The fourth-order valence-electron chi connectivity index (χ4n) is 1.40. The van der Waals surface area contributed by atoms with E-state index in [9.17, 15) is 0 Å². The lowest BCUT2D eigenvalue weighted by molar-refractivity contribution is 0.547. The Bertz CT molecular complexity index is 241. The van der Waals surface area contributed by atoms with Crippen molar-refractivity contribution in [2.75, 3.05) is 0 Å². The van der Waals surface area contributed by atoms with E-state index < -0.39 is 0 Å². The Labute approximate surface area is 72.8 Å². The largest absolute Gasteiger partial charge is 0.328 e. The van der Waals surface area contributed by atoms with Gasteiger partial charge in [-0.05, 0) is 13.3 Å². The molecular formula is C8H16N4. The zero-order chi connectivity index (χ0) is 9.14. The molecule has 0 aromatic carbocycles. The zero-order valence-electron chi connectivity index (χ0n) is 7.86. The van der Waals surface area contributed by atoms with E-state index in [1.807, 2.05) is 18.5 Å². The number of hydrogen-bond acceptors (Lipinski definition) is 3. The Morgan fingerprint density at radius 1 is 1.58 bits per heavy atom. The minimum atomic E-state index is 0.219. The van der Waals surface area contributed by atoms with E-state index in [-0.39, 0.29) is 6.04 Å². The maximum Gasteiger partial charge on any atom is 0.135 e. The van der Waals surface area contributed by atoms with Gasteiger partial charge in [-0.1, -0.05) is 6.92 Å². The van der Waals surface area contributed by atoms with E-state index >= 15 is 0 Å². The van der Waals surface area contributed by atoms with Crippen molar-refractivity contribution in [3.05, 3.63) is 12.2 Å². The van der Waals surface area contributed by atoms with Crippen LogP contribution in [0.25, 0.3) is 0 Å². The first-order chi connectivity index (χ1) is 5.61. The SMILES string of the molecule is CC(N)CC(C)c1nncn1C. The van der Waals surface area contributed by atoms with E-state index in [4.69, 9.17) is 5.73 Å². The van der Waals surface area contributed by atoms with Gasteiger partial charge in [0.15, 0.2) is 0 Å². The van der Waals surface area contributed by atoms with Gasteiger partial charge in [0.1, 0.15) is 12.2 Å². The molecule has 1 aromatic heterocycles. The third kappa shape index (κ3) is 2.04. The summed E-state index contributed by atoms with van der Waals surface area (Å²) in [5.41, 5.74) is 5.69. The standard InChI is InChI=1S/C8H16N4/c1-6(4-7(2)9)8-11-10-5-12(8)3/h5-7H,4,9H2,1-3H3. The number of aryl methyl sites for hydroxylation is 1. The van der Waals surface area contributed by atoms with Crippen LogP contribution >= 0.6 is 0 Å². The lowest BCUT2D eigenvalue weighted by Crippen LogP contribution is -2.18. The topological polar surface area (TPSA) is 56.7 Å². The van der Waals surface area contributed by atoms with Crippen molar-refractivity contribution in [3.8, 4) is 0 Å². The molecule has 0 aliphatic heterocycles. The highest BCUT2D eigenvalue weighted by Gasteiger charge is 2.12. The van der Waals surface area contributed by atoms with Crippen LogP contribution in [-0.4, -0.2) is 20.8 Å². The second-order valence-electron chi connectivity index (χ2n) is 3.41. The molecule has 0 spiro atoms. The van der Waals surface area contributed by atoms with Crippen molar-refractivity contribution < 1.29 is 0 Å². The molecule has 0 aliphatic carbocycles. The summed E-state index contributed by atoms with van der Waals surface area (Å²) in [7, 11) is 1.95. The Morgan fingerprint density at radius 3 is 2.67 bits per heavy atom. The highest BCUT2D eigenvalue weighted by molar-refractivity contribution is 4.94. The van der Waals surface area contributed by atoms with Gasteiger partial charge in [0.2, 0.25) is 0 Å². The van der Waals surface area contributed by atoms with Gasteiger partial charge in [-0.25, -0.2) is 0 Å². The van der Waals surface area contributed by atoms with Crippen LogP contribution in [0.1, 0.15) is 32.0 Å². The van der Waals surface area contributed by atoms with Crippen LogP contribution in [0.15, 0.2) is 6.33 Å². The number of hydrogen-bond donors (Lipinski definition) is 1. The smallest absolute Gasteiger partial charge is 0.135 e. The summed E-state index contributed by atoms with van der Waals surface area (Å²) in [6.07, 6.45) is 2.67. The summed E-state index contributed by atoms with van der Waals surface area (Å²) in [6, 6.07) is 0.219. The highest BCUT2D eigenvalue weighted by Crippen LogP contribution is 2.16. The van der Waals surface area contributed by atoms with Crippen LogP contribution in [0.3, 0.4) is 0 Å². The fraction of sp³-hybridized carbons (Fsp3) is 0.750. The summed E-state index contributed by atoms with van der Waals surface area (Å²) in [6.45, 7) is 4.13. The zero-order valence-corrected chi connectivity index (χ0v) is 7.86. The van der Waals surface area contributed by atoms with Crippen molar-refractivity contribution in [1.82, 2.24) is 14.8 Å². The average Bonchev–Trinajstić information content (AvgIpc) is 2.33. The molecule has 1 rings (SSSR count). The minimum Gasteiger partial charge on any atom is -0.328 e. The van der Waals surface area contributed by atoms with E-state index in [0.717, 1.165) is 12.2 Å². The molecule has 1 heterocycles. The van der Waals surface area contributed by atoms with Crippen LogP contribution in [0, 0.1) is 0 Å². The molecule has 2 atom stereocenters. The first-order valence-electron chi connectivity index (χ1n) is 4.20. The lowest BCUT2D eigenvalue weighted by Gasteiger charge is -2.12. The third-order valence-corrected chi connectivity index (χ3v) is 1.91. The Hall–Kier alpha value is -0.900. The van der Waals surface area contributed by atoms with Crippen molar-refractivity contribution in [2.45, 2.75) is 32.2 Å². The molecule has 0 saturated heterocycles. The van der Waals surface area contributed by atoms with Gasteiger partial charge in [-0.15, -0.1) is 10.2 Å². The molecule has 4 nitrogen and oxygen atoms in total. The van der Waals surface area contributed by atoms with Gasteiger partial charge >= 0.3 is 0 Å². The van der Waals surface area contributed by atoms with Crippen molar-refractivity contribution in [3.63, 3.8) is 0 Å². The van der Waals surface area contributed by atoms with Crippen LogP contribution in [0.4, 0.5) is 0 Å². The first kappa shape index (κ1) is 9.19. The Balaban J connectivity index is 2.65. The molecule has 0 fully saturated rings. The molecule has 2 unspecified atom stereocenters. The molecule has 0 radical (unpaired) electrons. The van der Waals surface area contributed by atoms with Crippen molar-refractivity contribution >= 4 is 0 Å². The third-order valence-electron chi connectivity index (χ3n) is 1.91. The molecular weight excluding hydrogens is 152 g/mol. The maximum absolute atomic E-state index is 5.69. The predicted octanol–water partition coefficient (Wildman–Crippen LogP) is 0.656. The maximum atomic E-state index is 5.69. The molecule has 0 bridgehead atoms. The van der Waals surface area contributed by atoms with Crippen LogP contribution < -0.4 is 5.73 Å². The molecule has 4 heteroatoms. The summed E-state index contributed by atoms with van der Waals surface area (Å²) in [5.74, 6) is 1.39. The minimum absolute atomic E-state index is 0.219. The molecule has 12 heavy (non-hydrogen) atoms. The van der Waals surface area contributed by atoms with Gasteiger partial charge in [0.25, 0.3) is 0 Å². The average molecular weight is 168 g/mol. The van der Waals surface area contributed by atoms with Crippen LogP contribution in [-0.2, 0) is 7.05 Å². The summed E-state index contributed by atoms with van der Waals surface area (Å²) in [4.78, 5) is 0. The molecule has 0 saturated carbocycles. The molecule has 2 N–H and O–H groups in total. The van der Waals surface area contributed by atoms with E-state index in [2.05, 4.69) is 17.1 Å². The van der Waals surface area contributed by atoms with Crippen molar-refractivity contribution in [1.29, 1.82) is 0 Å². The number of nitrogens with zero attached hydrogens (tertiary/aromatic N) is 3. The van der Waals surface area contributed by atoms with Crippen LogP contribution in [0.5, 0.6) is 0 Å². The monoisotopic (exact) mass is 168 g/mol.